The number of benzene rings is 1. The third-order valence-corrected chi connectivity index (χ3v) is 4.18. The van der Waals surface area contributed by atoms with Gasteiger partial charge < -0.3 is 0 Å². The van der Waals surface area contributed by atoms with E-state index in [4.69, 9.17) is 0 Å². The Morgan fingerprint density at radius 3 is 2.52 bits per heavy atom. The van der Waals surface area contributed by atoms with Crippen molar-refractivity contribution < 1.29 is 17.6 Å². The number of aryl methyl sites for hydroxylation is 1. The summed E-state index contributed by atoms with van der Waals surface area (Å²) in [5.41, 5.74) is 0.232. The molecular formula is C18H11F4N3. The minimum Gasteiger partial charge on any atom is -0.281 e. The normalized spacial score (nSPS) is 11.8. The number of rotatable bonds is 2. The van der Waals surface area contributed by atoms with E-state index in [9.17, 15) is 13.2 Å². The summed E-state index contributed by atoms with van der Waals surface area (Å²) < 4.78 is 57.5. The minimum absolute atomic E-state index is 0.0576. The Kier molecular flexibility index (Phi) is 3.45. The average Bonchev–Trinajstić information content (AvgIpc) is 2.91. The summed E-state index contributed by atoms with van der Waals surface area (Å²) >= 11 is 0. The number of fused-ring (bicyclic) bond motifs is 3. The Bertz CT molecular complexity index is 1100. The fourth-order valence-electron chi connectivity index (χ4n) is 3.06. The van der Waals surface area contributed by atoms with E-state index in [2.05, 4.69) is 9.97 Å². The predicted molar refractivity (Wildman–Crippen MR) is 86.4 cm³/mol. The Labute approximate surface area is 139 Å². The van der Waals surface area contributed by atoms with Crippen LogP contribution in [0.2, 0.25) is 0 Å². The lowest BCUT2D eigenvalue weighted by Crippen LogP contribution is -2.01. The fourth-order valence-corrected chi connectivity index (χ4v) is 3.06. The van der Waals surface area contributed by atoms with Crippen molar-refractivity contribution in [2.75, 3.05) is 0 Å². The molecular weight excluding hydrogens is 334 g/mol. The second kappa shape index (κ2) is 5.54. The maximum atomic E-state index is 15.1. The molecule has 7 heteroatoms. The van der Waals surface area contributed by atoms with Gasteiger partial charge in [-0.1, -0.05) is 6.07 Å². The number of hydrogen-bond acceptors (Lipinski definition) is 2. The zero-order valence-electron chi connectivity index (χ0n) is 13.0. The van der Waals surface area contributed by atoms with Gasteiger partial charge in [-0.2, -0.15) is 8.78 Å². The van der Waals surface area contributed by atoms with E-state index < -0.39 is 18.2 Å². The SMILES string of the molecule is Cc1ccc(-c2c(F)cc3c4cnccc4n(C(F)F)c3c2F)cn1. The highest BCUT2D eigenvalue weighted by atomic mass is 19.3. The van der Waals surface area contributed by atoms with E-state index >= 15 is 4.39 Å². The second-order valence-electron chi connectivity index (χ2n) is 5.67. The van der Waals surface area contributed by atoms with Crippen molar-refractivity contribution in [2.24, 2.45) is 0 Å². The van der Waals surface area contributed by atoms with Gasteiger partial charge in [-0.05, 0) is 25.1 Å². The smallest absolute Gasteiger partial charge is 0.281 e. The van der Waals surface area contributed by atoms with E-state index in [-0.39, 0.29) is 32.9 Å². The Morgan fingerprint density at radius 2 is 1.84 bits per heavy atom. The molecule has 0 aliphatic rings. The predicted octanol–water partition coefficient (Wildman–Crippen LogP) is 5.23. The van der Waals surface area contributed by atoms with E-state index in [0.717, 1.165) is 6.07 Å². The van der Waals surface area contributed by atoms with Gasteiger partial charge >= 0.3 is 6.55 Å². The van der Waals surface area contributed by atoms with Gasteiger partial charge in [0.25, 0.3) is 0 Å². The molecule has 0 amide bonds. The van der Waals surface area contributed by atoms with Crippen LogP contribution in [0.25, 0.3) is 32.9 Å². The van der Waals surface area contributed by atoms with Crippen molar-refractivity contribution in [1.29, 1.82) is 0 Å². The molecule has 0 saturated heterocycles. The first-order valence-electron chi connectivity index (χ1n) is 7.46. The van der Waals surface area contributed by atoms with Crippen LogP contribution in [0.4, 0.5) is 17.6 Å². The standard InChI is InChI=1S/C18H11F4N3/c1-9-2-3-10(7-24-9)15-13(19)6-11-12-8-23-5-4-14(12)25(18(21)22)17(11)16(15)20/h2-8,18H,1H3. The zero-order valence-corrected chi connectivity index (χ0v) is 13.0. The first kappa shape index (κ1) is 15.6. The molecule has 126 valence electrons. The van der Waals surface area contributed by atoms with Crippen molar-refractivity contribution in [1.82, 2.24) is 14.5 Å². The molecule has 0 unspecified atom stereocenters. The van der Waals surface area contributed by atoms with Gasteiger partial charge in [0.05, 0.1) is 16.6 Å². The molecule has 4 rings (SSSR count). The van der Waals surface area contributed by atoms with Gasteiger partial charge in [-0.15, -0.1) is 0 Å². The van der Waals surface area contributed by atoms with Crippen molar-refractivity contribution in [3.8, 4) is 11.1 Å². The maximum Gasteiger partial charge on any atom is 0.319 e. The van der Waals surface area contributed by atoms with Crippen LogP contribution in [0.5, 0.6) is 0 Å². The average molecular weight is 345 g/mol. The Balaban J connectivity index is 2.16. The van der Waals surface area contributed by atoms with E-state index in [0.29, 0.717) is 10.3 Å². The van der Waals surface area contributed by atoms with Gasteiger partial charge in [-0.3, -0.25) is 14.5 Å². The molecule has 0 spiro atoms. The molecule has 0 fully saturated rings. The summed E-state index contributed by atoms with van der Waals surface area (Å²) in [5, 5.41) is 0.325. The molecule has 0 aliphatic heterocycles. The molecule has 3 nitrogen and oxygen atoms in total. The van der Waals surface area contributed by atoms with Crippen molar-refractivity contribution in [2.45, 2.75) is 13.5 Å². The van der Waals surface area contributed by atoms with Crippen molar-refractivity contribution in [3.63, 3.8) is 0 Å². The number of nitrogens with zero attached hydrogens (tertiary/aromatic N) is 3. The highest BCUT2D eigenvalue weighted by molar-refractivity contribution is 6.09. The first-order valence-corrected chi connectivity index (χ1v) is 7.46. The largest absolute Gasteiger partial charge is 0.319 e. The molecule has 0 atom stereocenters. The van der Waals surface area contributed by atoms with E-state index in [1.807, 2.05) is 0 Å². The van der Waals surface area contributed by atoms with Gasteiger partial charge in [0.2, 0.25) is 0 Å². The minimum atomic E-state index is -2.98. The van der Waals surface area contributed by atoms with Crippen LogP contribution >= 0.6 is 0 Å². The van der Waals surface area contributed by atoms with Crippen molar-refractivity contribution >= 4 is 21.8 Å². The summed E-state index contributed by atoms with van der Waals surface area (Å²) in [6.45, 7) is -1.24. The van der Waals surface area contributed by atoms with Crippen LogP contribution in [0.1, 0.15) is 12.2 Å². The van der Waals surface area contributed by atoms with Crippen molar-refractivity contribution in [3.05, 3.63) is 60.2 Å². The third kappa shape index (κ3) is 2.26. The summed E-state index contributed by atoms with van der Waals surface area (Å²) in [6, 6.07) is 5.53. The van der Waals surface area contributed by atoms with Crippen LogP contribution < -0.4 is 0 Å². The molecule has 0 saturated carbocycles. The monoisotopic (exact) mass is 345 g/mol. The number of pyridine rings is 2. The highest BCUT2D eigenvalue weighted by Gasteiger charge is 2.25. The quantitative estimate of drug-likeness (QED) is 0.466. The molecule has 0 radical (unpaired) electrons. The van der Waals surface area contributed by atoms with Gasteiger partial charge in [-0.25, -0.2) is 8.78 Å². The van der Waals surface area contributed by atoms with Crippen LogP contribution in [-0.2, 0) is 0 Å². The first-order chi connectivity index (χ1) is 12.0. The molecule has 4 aromatic rings. The topological polar surface area (TPSA) is 30.7 Å². The van der Waals surface area contributed by atoms with Gasteiger partial charge in [0.15, 0.2) is 5.82 Å². The highest BCUT2D eigenvalue weighted by Crippen LogP contribution is 2.38. The van der Waals surface area contributed by atoms with Crippen LogP contribution in [0, 0.1) is 18.6 Å². The molecule has 1 aromatic carbocycles. The number of alkyl halides is 2. The lowest BCUT2D eigenvalue weighted by Gasteiger charge is -2.10. The lowest BCUT2D eigenvalue weighted by molar-refractivity contribution is 0.0791. The van der Waals surface area contributed by atoms with E-state index in [1.54, 1.807) is 13.0 Å². The summed E-state index contributed by atoms with van der Waals surface area (Å²) in [5.74, 6) is -1.88. The molecule has 25 heavy (non-hydrogen) atoms. The Hall–Kier alpha value is -2.96. The Morgan fingerprint density at radius 1 is 1.04 bits per heavy atom. The fraction of sp³-hybridized carbons (Fsp3) is 0.111. The van der Waals surface area contributed by atoms with Crippen LogP contribution in [0.3, 0.4) is 0 Å². The molecule has 3 heterocycles. The maximum absolute atomic E-state index is 15.1. The lowest BCUT2D eigenvalue weighted by atomic mass is 10.0. The molecule has 0 aliphatic carbocycles. The molecule has 0 bridgehead atoms. The summed E-state index contributed by atoms with van der Waals surface area (Å²) in [4.78, 5) is 7.89. The van der Waals surface area contributed by atoms with Crippen LogP contribution in [-0.4, -0.2) is 14.5 Å². The number of halogens is 4. The van der Waals surface area contributed by atoms with Gasteiger partial charge in [0, 0.05) is 40.6 Å². The number of aromatic nitrogens is 3. The second-order valence-corrected chi connectivity index (χ2v) is 5.67. The summed E-state index contributed by atoms with van der Waals surface area (Å²) in [7, 11) is 0. The third-order valence-electron chi connectivity index (χ3n) is 4.18. The molecule has 3 aromatic heterocycles. The summed E-state index contributed by atoms with van der Waals surface area (Å²) in [6.07, 6.45) is 3.97. The van der Waals surface area contributed by atoms with E-state index in [1.165, 1.54) is 30.7 Å². The molecule has 0 N–H and O–H groups in total. The van der Waals surface area contributed by atoms with Gasteiger partial charge in [0.1, 0.15) is 5.82 Å². The number of hydrogen-bond donors (Lipinski definition) is 0. The van der Waals surface area contributed by atoms with Crippen LogP contribution in [0.15, 0.2) is 42.9 Å². The zero-order chi connectivity index (χ0) is 17.7.